The first kappa shape index (κ1) is 26.7. The van der Waals surface area contributed by atoms with Crippen LogP contribution in [-0.2, 0) is 13.7 Å². The van der Waals surface area contributed by atoms with Crippen LogP contribution >= 0.6 is 33.9 Å². The van der Waals surface area contributed by atoms with Crippen molar-refractivity contribution in [3.63, 3.8) is 0 Å². The fraction of sp³-hybridized carbons (Fsp3) is 0.154. The lowest BCUT2D eigenvalue weighted by Gasteiger charge is -2.10. The van der Waals surface area contributed by atoms with E-state index in [9.17, 15) is 18.4 Å². The lowest BCUT2D eigenvalue weighted by Crippen LogP contribution is -2.16. The maximum Gasteiger partial charge on any atom is 0.291 e. The zero-order chi connectivity index (χ0) is 27.8. The molecule has 0 saturated heterocycles. The number of fused-ring (bicyclic) bond motifs is 1. The van der Waals surface area contributed by atoms with Gasteiger partial charge in [0, 0.05) is 27.8 Å². The molecule has 200 valence electrons. The van der Waals surface area contributed by atoms with E-state index in [0.717, 1.165) is 14.9 Å². The molecule has 0 spiro atoms. The number of carbonyl (C=O) groups is 2. The van der Waals surface area contributed by atoms with Gasteiger partial charge < -0.3 is 20.2 Å². The van der Waals surface area contributed by atoms with Crippen molar-refractivity contribution in [1.82, 2.24) is 14.8 Å². The van der Waals surface area contributed by atoms with E-state index < -0.39 is 23.9 Å². The second-order valence-corrected chi connectivity index (χ2v) is 10.8. The van der Waals surface area contributed by atoms with E-state index >= 15 is 0 Å². The molecule has 0 fully saturated rings. The Morgan fingerprint density at radius 3 is 2.59 bits per heavy atom. The fourth-order valence-electron chi connectivity index (χ4n) is 4.04. The molecule has 0 radical (unpaired) electrons. The molecule has 0 aliphatic rings. The van der Waals surface area contributed by atoms with Gasteiger partial charge >= 0.3 is 0 Å². The van der Waals surface area contributed by atoms with Crippen molar-refractivity contribution in [3.05, 3.63) is 80.0 Å². The number of thiophene rings is 1. The lowest BCUT2D eigenvalue weighted by atomic mass is 10.0. The van der Waals surface area contributed by atoms with Crippen molar-refractivity contribution >= 4 is 61.6 Å². The van der Waals surface area contributed by atoms with E-state index in [4.69, 9.17) is 14.9 Å². The predicted octanol–water partition coefficient (Wildman–Crippen LogP) is 6.07. The number of carbonyl (C=O) groups excluding carboxylic acids is 2. The highest BCUT2D eigenvalue weighted by molar-refractivity contribution is 14.1. The normalized spacial score (nSPS) is 11.3. The van der Waals surface area contributed by atoms with Gasteiger partial charge in [0.25, 0.3) is 18.2 Å². The maximum absolute atomic E-state index is 13.7. The van der Waals surface area contributed by atoms with Crippen LogP contribution in [0.3, 0.4) is 0 Å². The summed E-state index contributed by atoms with van der Waals surface area (Å²) >= 11 is 3.01. The third-order valence-electron chi connectivity index (χ3n) is 5.75. The van der Waals surface area contributed by atoms with Gasteiger partial charge in [0.05, 0.1) is 11.4 Å². The number of rotatable bonds is 8. The average molecular weight is 663 g/mol. The molecule has 0 unspecified atom stereocenters. The van der Waals surface area contributed by atoms with Crippen molar-refractivity contribution in [2.45, 2.75) is 20.0 Å². The number of hydrogen-bond donors (Lipinski definition) is 2. The first-order valence-corrected chi connectivity index (χ1v) is 13.3. The third-order valence-corrected chi connectivity index (χ3v) is 7.57. The minimum absolute atomic E-state index is 0.0334. The van der Waals surface area contributed by atoms with Crippen LogP contribution in [0.2, 0.25) is 0 Å². The number of hydrogen-bond acceptors (Lipinski definition) is 7. The molecule has 0 saturated carbocycles. The molecule has 0 atom stereocenters. The van der Waals surface area contributed by atoms with Gasteiger partial charge in [-0.15, -0.1) is 11.3 Å². The molecule has 0 aliphatic carbocycles. The molecule has 0 aliphatic heterocycles. The zero-order valence-corrected chi connectivity index (χ0v) is 23.5. The number of pyridine rings is 1. The molecule has 5 rings (SSSR count). The van der Waals surface area contributed by atoms with Crippen LogP contribution in [-0.4, -0.2) is 26.6 Å². The highest BCUT2D eigenvalue weighted by Gasteiger charge is 2.27. The number of aryl methyl sites for hydroxylation is 2. The molecule has 4 heterocycles. The number of furan rings is 1. The molecule has 4 aromatic heterocycles. The van der Waals surface area contributed by atoms with E-state index in [2.05, 4.69) is 38.0 Å². The Labute approximate surface area is 238 Å². The Balaban J connectivity index is 1.51. The van der Waals surface area contributed by atoms with Crippen LogP contribution in [0.25, 0.3) is 21.3 Å². The van der Waals surface area contributed by atoms with Crippen LogP contribution in [0, 0.1) is 10.5 Å². The van der Waals surface area contributed by atoms with E-state index in [1.807, 2.05) is 24.3 Å². The number of benzene rings is 1. The van der Waals surface area contributed by atoms with Crippen molar-refractivity contribution in [2.24, 2.45) is 12.8 Å². The fourth-order valence-corrected chi connectivity index (χ4v) is 5.41. The van der Waals surface area contributed by atoms with Crippen LogP contribution in [0.5, 0.6) is 5.75 Å². The third kappa shape index (κ3) is 5.49. The second kappa shape index (κ2) is 10.7. The van der Waals surface area contributed by atoms with Gasteiger partial charge in [0.2, 0.25) is 0 Å². The Kier molecular flexibility index (Phi) is 7.36. The summed E-state index contributed by atoms with van der Waals surface area (Å²) in [6.07, 6.45) is -1.19. The molecule has 0 bridgehead atoms. The van der Waals surface area contributed by atoms with Gasteiger partial charge in [-0.25, -0.2) is 13.8 Å². The molecule has 39 heavy (non-hydrogen) atoms. The number of primary amides is 1. The standard InChI is InChI=1S/C26H20F2IN5O4S/c1-12-17(10-34(2)33-12)16-9-18(23(27)28)31-26-20(16)21(22(39-26)24(30)35)32-25(36)19-8-7-15(38-19)11-37-14-5-3-13(29)4-6-14/h3-10,23H,11H2,1-2H3,(H2,30,35)(H,32,36). The van der Waals surface area contributed by atoms with Crippen LogP contribution in [0.4, 0.5) is 14.5 Å². The van der Waals surface area contributed by atoms with E-state index in [1.165, 1.54) is 12.1 Å². The highest BCUT2D eigenvalue weighted by atomic mass is 127. The van der Waals surface area contributed by atoms with Crippen LogP contribution in [0.15, 0.2) is 53.1 Å². The average Bonchev–Trinajstić information content (AvgIpc) is 3.60. The number of nitrogens with two attached hydrogens (primary N) is 1. The molecular formula is C26H20F2IN5O4S. The number of halogens is 3. The lowest BCUT2D eigenvalue weighted by molar-refractivity contribution is 0.0992. The smallest absolute Gasteiger partial charge is 0.291 e. The van der Waals surface area contributed by atoms with E-state index in [0.29, 0.717) is 33.7 Å². The number of aromatic nitrogens is 3. The molecule has 2 amide bonds. The summed E-state index contributed by atoms with van der Waals surface area (Å²) in [4.78, 5) is 29.7. The Morgan fingerprint density at radius 1 is 1.21 bits per heavy atom. The van der Waals surface area contributed by atoms with E-state index in [1.54, 1.807) is 30.9 Å². The van der Waals surface area contributed by atoms with Gasteiger partial charge in [-0.3, -0.25) is 14.3 Å². The van der Waals surface area contributed by atoms with Crippen molar-refractivity contribution in [2.75, 3.05) is 5.32 Å². The van der Waals surface area contributed by atoms with Gasteiger partial charge in [-0.05, 0) is 77.5 Å². The monoisotopic (exact) mass is 663 g/mol. The van der Waals surface area contributed by atoms with Crippen molar-refractivity contribution < 1.29 is 27.5 Å². The number of amides is 2. The largest absolute Gasteiger partial charge is 0.486 e. The van der Waals surface area contributed by atoms with Crippen molar-refractivity contribution in [3.8, 4) is 16.9 Å². The summed E-state index contributed by atoms with van der Waals surface area (Å²) in [6, 6.07) is 11.7. The van der Waals surface area contributed by atoms with Crippen LogP contribution in [0.1, 0.15) is 43.8 Å². The quantitative estimate of drug-likeness (QED) is 0.194. The number of anilines is 1. The Morgan fingerprint density at radius 2 is 1.95 bits per heavy atom. The number of nitrogens with one attached hydrogen (secondary N) is 1. The minimum atomic E-state index is -2.86. The topological polar surface area (TPSA) is 125 Å². The zero-order valence-electron chi connectivity index (χ0n) is 20.5. The molecule has 3 N–H and O–H groups in total. The second-order valence-electron chi connectivity index (χ2n) is 8.51. The highest BCUT2D eigenvalue weighted by Crippen LogP contribution is 2.43. The SMILES string of the molecule is Cc1nn(C)cc1-c1cc(C(F)F)nc2sc(C(N)=O)c(NC(=O)c3ccc(COc4ccc(I)cc4)o3)c12. The van der Waals surface area contributed by atoms with Gasteiger partial charge in [0.15, 0.2) is 5.76 Å². The predicted molar refractivity (Wildman–Crippen MR) is 150 cm³/mol. The summed E-state index contributed by atoms with van der Waals surface area (Å²) in [6.45, 7) is 1.82. The molecular weight excluding hydrogens is 643 g/mol. The summed E-state index contributed by atoms with van der Waals surface area (Å²) in [7, 11) is 1.70. The molecule has 1 aromatic carbocycles. The Hall–Kier alpha value is -3.85. The summed E-state index contributed by atoms with van der Waals surface area (Å²) in [5.74, 6) is -0.500. The maximum atomic E-state index is 13.7. The summed E-state index contributed by atoms with van der Waals surface area (Å²) < 4.78 is 41.4. The molecule has 13 heteroatoms. The molecule has 9 nitrogen and oxygen atoms in total. The van der Waals surface area contributed by atoms with E-state index in [-0.39, 0.29) is 27.8 Å². The van der Waals surface area contributed by atoms with Gasteiger partial charge in [-0.2, -0.15) is 5.10 Å². The number of ether oxygens (including phenoxy) is 1. The van der Waals surface area contributed by atoms with Gasteiger partial charge in [-0.1, -0.05) is 0 Å². The minimum Gasteiger partial charge on any atom is -0.486 e. The van der Waals surface area contributed by atoms with Gasteiger partial charge in [0.1, 0.15) is 33.5 Å². The summed E-state index contributed by atoms with van der Waals surface area (Å²) in [5, 5.41) is 7.29. The van der Waals surface area contributed by atoms with Crippen molar-refractivity contribution in [1.29, 1.82) is 0 Å². The number of nitrogens with zero attached hydrogens (tertiary/aromatic N) is 3. The first-order chi connectivity index (χ1) is 18.6. The Bertz CT molecular complexity index is 1710. The first-order valence-electron chi connectivity index (χ1n) is 11.4. The summed E-state index contributed by atoms with van der Waals surface area (Å²) in [5.41, 5.74) is 6.65. The number of alkyl halides is 2. The van der Waals surface area contributed by atoms with Crippen LogP contribution < -0.4 is 15.8 Å². The molecule has 5 aromatic rings.